The number of H-pyrrole nitrogens is 1. The Morgan fingerprint density at radius 1 is 1.20 bits per heavy atom. The maximum absolute atomic E-state index is 12.3. The second kappa shape index (κ2) is 6.67. The Morgan fingerprint density at radius 2 is 1.88 bits per heavy atom. The lowest BCUT2D eigenvalue weighted by atomic mass is 10.0. The van der Waals surface area contributed by atoms with E-state index in [1.807, 2.05) is 0 Å². The Morgan fingerprint density at radius 3 is 2.56 bits per heavy atom. The van der Waals surface area contributed by atoms with Crippen LogP contribution in [0.15, 0.2) is 6.07 Å². The first-order chi connectivity index (χ1) is 11.9. The highest BCUT2D eigenvalue weighted by molar-refractivity contribution is 7.91. The number of nitrogens with one attached hydrogen (secondary N) is 1. The van der Waals surface area contributed by atoms with Crippen LogP contribution in [-0.2, 0) is 22.8 Å². The van der Waals surface area contributed by atoms with Crippen LogP contribution >= 0.6 is 0 Å². The zero-order chi connectivity index (χ0) is 17.6. The van der Waals surface area contributed by atoms with Gasteiger partial charge in [-0.2, -0.15) is 5.10 Å². The Hall–Kier alpha value is -0.920. The van der Waals surface area contributed by atoms with Gasteiger partial charge in [-0.3, -0.25) is 14.9 Å². The lowest BCUT2D eigenvalue weighted by Crippen LogP contribution is -2.59. The number of rotatable bonds is 6. The van der Waals surface area contributed by atoms with Crippen molar-refractivity contribution in [2.75, 3.05) is 31.1 Å². The van der Waals surface area contributed by atoms with Crippen molar-refractivity contribution in [2.45, 2.75) is 51.7 Å². The first-order valence-corrected chi connectivity index (χ1v) is 11.4. The molecule has 1 N–H and O–H groups in total. The number of aromatic nitrogens is 2. The predicted octanol–water partition coefficient (Wildman–Crippen LogP) is 1.30. The molecule has 25 heavy (non-hydrogen) atoms. The van der Waals surface area contributed by atoms with Crippen LogP contribution in [0.1, 0.15) is 38.1 Å². The third kappa shape index (κ3) is 4.09. The van der Waals surface area contributed by atoms with Gasteiger partial charge in [-0.05, 0) is 37.2 Å². The van der Waals surface area contributed by atoms with Crippen molar-refractivity contribution in [1.82, 2.24) is 20.0 Å². The van der Waals surface area contributed by atoms with Gasteiger partial charge < -0.3 is 0 Å². The molecule has 1 aliphatic carbocycles. The highest BCUT2D eigenvalue weighted by Gasteiger charge is 2.47. The minimum atomic E-state index is -2.92. The fourth-order valence-electron chi connectivity index (χ4n) is 4.38. The fraction of sp³-hybridized carbons (Fsp3) is 0.833. The van der Waals surface area contributed by atoms with Crippen molar-refractivity contribution in [1.29, 1.82) is 0 Å². The second-order valence-electron chi connectivity index (χ2n) is 8.60. The van der Waals surface area contributed by atoms with Gasteiger partial charge in [0.15, 0.2) is 9.84 Å². The molecule has 0 aromatic carbocycles. The Kier molecular flexibility index (Phi) is 4.67. The Bertz CT molecular complexity index is 710. The van der Waals surface area contributed by atoms with Crippen LogP contribution in [0, 0.1) is 11.8 Å². The van der Waals surface area contributed by atoms with E-state index in [-0.39, 0.29) is 12.1 Å². The van der Waals surface area contributed by atoms with E-state index < -0.39 is 9.84 Å². The summed E-state index contributed by atoms with van der Waals surface area (Å²) in [5.74, 6) is 2.04. The molecule has 140 valence electrons. The quantitative estimate of drug-likeness (QED) is 0.822. The molecule has 2 atom stereocenters. The van der Waals surface area contributed by atoms with E-state index in [2.05, 4.69) is 39.9 Å². The van der Waals surface area contributed by atoms with E-state index in [4.69, 9.17) is 0 Å². The van der Waals surface area contributed by atoms with Gasteiger partial charge >= 0.3 is 0 Å². The number of fused-ring (bicyclic) bond motifs is 1. The molecule has 4 rings (SSSR count). The molecule has 3 aliphatic rings. The normalized spacial score (nSPS) is 30.0. The summed E-state index contributed by atoms with van der Waals surface area (Å²) in [6.07, 6.45) is 3.61. The molecule has 0 spiro atoms. The van der Waals surface area contributed by atoms with Crippen molar-refractivity contribution in [3.05, 3.63) is 17.5 Å². The van der Waals surface area contributed by atoms with Gasteiger partial charge in [0.05, 0.1) is 17.2 Å². The number of aromatic amines is 1. The summed E-state index contributed by atoms with van der Waals surface area (Å²) in [5, 5.41) is 7.58. The summed E-state index contributed by atoms with van der Waals surface area (Å²) in [5.41, 5.74) is 2.21. The van der Waals surface area contributed by atoms with Crippen LogP contribution in [0.4, 0.5) is 0 Å². The Labute approximate surface area is 150 Å². The van der Waals surface area contributed by atoms with E-state index in [0.29, 0.717) is 17.4 Å². The summed E-state index contributed by atoms with van der Waals surface area (Å²) < 4.78 is 24.6. The number of sulfone groups is 1. The SMILES string of the molecule is CC(C)Cc1cc(CN2CCN(CC3CC3)[C@@H]3CS(=O)(=O)C[C@@H]32)[nH]n1. The first-order valence-electron chi connectivity index (χ1n) is 9.61. The molecule has 7 heteroatoms. The van der Waals surface area contributed by atoms with Crippen LogP contribution in [0.5, 0.6) is 0 Å². The maximum Gasteiger partial charge on any atom is 0.153 e. The largest absolute Gasteiger partial charge is 0.296 e. The highest BCUT2D eigenvalue weighted by Crippen LogP contribution is 2.34. The van der Waals surface area contributed by atoms with E-state index in [9.17, 15) is 8.42 Å². The lowest BCUT2D eigenvalue weighted by Gasteiger charge is -2.43. The average Bonchev–Trinajstić information content (AvgIpc) is 3.13. The summed E-state index contributed by atoms with van der Waals surface area (Å²) in [6.45, 7) is 8.19. The summed E-state index contributed by atoms with van der Waals surface area (Å²) in [7, 11) is -2.92. The molecule has 0 unspecified atom stereocenters. The number of hydrogen-bond donors (Lipinski definition) is 1. The van der Waals surface area contributed by atoms with Crippen LogP contribution in [0.2, 0.25) is 0 Å². The third-order valence-electron chi connectivity index (χ3n) is 5.77. The van der Waals surface area contributed by atoms with Crippen molar-refractivity contribution < 1.29 is 8.42 Å². The van der Waals surface area contributed by atoms with Gasteiger partial charge in [0.1, 0.15) is 0 Å². The van der Waals surface area contributed by atoms with E-state index in [1.165, 1.54) is 12.8 Å². The van der Waals surface area contributed by atoms with Crippen molar-refractivity contribution in [2.24, 2.45) is 11.8 Å². The van der Waals surface area contributed by atoms with Crippen molar-refractivity contribution in [3.8, 4) is 0 Å². The topological polar surface area (TPSA) is 69.3 Å². The average molecular weight is 367 g/mol. The molecule has 1 aromatic heterocycles. The van der Waals surface area contributed by atoms with Crippen molar-refractivity contribution >= 4 is 9.84 Å². The van der Waals surface area contributed by atoms with Crippen LogP contribution in [0.25, 0.3) is 0 Å². The highest BCUT2D eigenvalue weighted by atomic mass is 32.2. The van der Waals surface area contributed by atoms with E-state index in [1.54, 1.807) is 0 Å². The predicted molar refractivity (Wildman–Crippen MR) is 98.1 cm³/mol. The molecule has 0 radical (unpaired) electrons. The van der Waals surface area contributed by atoms with Crippen molar-refractivity contribution in [3.63, 3.8) is 0 Å². The van der Waals surface area contributed by atoms with Crippen LogP contribution in [0.3, 0.4) is 0 Å². The standard InChI is InChI=1S/C18H30N4O2S/c1-13(2)7-15-8-16(20-19-15)10-22-6-5-21(9-14-3-4-14)17-11-25(23,24)12-18(17)22/h8,13-14,17-18H,3-7,9-12H2,1-2H3,(H,19,20)/t17-,18+/m1/s1. The maximum atomic E-state index is 12.3. The molecule has 2 aliphatic heterocycles. The van der Waals surface area contributed by atoms with E-state index >= 15 is 0 Å². The van der Waals surface area contributed by atoms with Crippen LogP contribution < -0.4 is 0 Å². The molecule has 0 bridgehead atoms. The second-order valence-corrected chi connectivity index (χ2v) is 10.8. The first kappa shape index (κ1) is 17.5. The monoisotopic (exact) mass is 366 g/mol. The van der Waals surface area contributed by atoms with Gasteiger partial charge in [-0.15, -0.1) is 0 Å². The molecule has 6 nitrogen and oxygen atoms in total. The summed E-state index contributed by atoms with van der Waals surface area (Å²) in [4.78, 5) is 4.83. The van der Waals surface area contributed by atoms with Gasteiger partial charge in [-0.1, -0.05) is 13.8 Å². The molecular formula is C18H30N4O2S. The van der Waals surface area contributed by atoms with E-state index in [0.717, 1.165) is 49.9 Å². The van der Waals surface area contributed by atoms with Gasteiger partial charge in [0.25, 0.3) is 0 Å². The molecular weight excluding hydrogens is 336 g/mol. The minimum absolute atomic E-state index is 0.134. The zero-order valence-corrected chi connectivity index (χ0v) is 16.1. The lowest BCUT2D eigenvalue weighted by molar-refractivity contribution is 0.0369. The summed E-state index contributed by atoms with van der Waals surface area (Å²) in [6, 6.07) is 2.46. The molecule has 3 fully saturated rings. The Balaban J connectivity index is 1.45. The molecule has 1 aromatic rings. The minimum Gasteiger partial charge on any atom is -0.296 e. The molecule has 1 saturated carbocycles. The van der Waals surface area contributed by atoms with Gasteiger partial charge in [-0.25, -0.2) is 8.42 Å². The van der Waals surface area contributed by atoms with Gasteiger partial charge in [0, 0.05) is 44.0 Å². The number of hydrogen-bond acceptors (Lipinski definition) is 5. The zero-order valence-electron chi connectivity index (χ0n) is 15.3. The molecule has 2 saturated heterocycles. The van der Waals surface area contributed by atoms with Crippen LogP contribution in [-0.4, -0.2) is 71.6 Å². The fourth-order valence-corrected chi connectivity index (χ4v) is 6.43. The molecule has 0 amide bonds. The third-order valence-corrected chi connectivity index (χ3v) is 7.47. The van der Waals surface area contributed by atoms with Gasteiger partial charge in [0.2, 0.25) is 0 Å². The molecule has 3 heterocycles. The number of piperazine rings is 1. The smallest absolute Gasteiger partial charge is 0.153 e. The number of nitrogens with zero attached hydrogens (tertiary/aromatic N) is 3. The summed E-state index contributed by atoms with van der Waals surface area (Å²) >= 11 is 0.